The molecule has 0 saturated heterocycles. The van der Waals surface area contributed by atoms with Crippen LogP contribution in [0.25, 0.3) is 0 Å². The van der Waals surface area contributed by atoms with E-state index in [9.17, 15) is 0 Å². The lowest BCUT2D eigenvalue weighted by molar-refractivity contribution is -0.402. The van der Waals surface area contributed by atoms with E-state index in [0.29, 0.717) is 0 Å². The summed E-state index contributed by atoms with van der Waals surface area (Å²) in [4.78, 5) is 8.25. The highest BCUT2D eigenvalue weighted by atomic mass is 16.9. The van der Waals surface area contributed by atoms with Gasteiger partial charge in [0.15, 0.2) is 0 Å². The summed E-state index contributed by atoms with van der Waals surface area (Å²) < 4.78 is 0. The Kier molecular flexibility index (Phi) is 9.23. The fourth-order valence-electron chi connectivity index (χ4n) is 0.554. The van der Waals surface area contributed by atoms with Gasteiger partial charge in [-0.3, -0.25) is 16.2 Å². The summed E-state index contributed by atoms with van der Waals surface area (Å²) in [5.74, 6) is 0. The Balaban J connectivity index is 0. The highest BCUT2D eigenvalue weighted by Gasteiger charge is 1.84. The summed E-state index contributed by atoms with van der Waals surface area (Å²) in [6.07, 6.45) is 1.00. The maximum Gasteiger partial charge on any atom is 0.225 e. The predicted octanol–water partition coefficient (Wildman–Crippen LogP) is -1.48. The molecule has 0 atom stereocenters. The molecule has 1 aromatic rings. The summed E-state index contributed by atoms with van der Waals surface area (Å²) in [5, 5.41) is 26.0. The number of aromatic nitrogens is 2. The molecule has 0 aromatic carbocycles. The van der Waals surface area contributed by atoms with Gasteiger partial charge in [-0.2, -0.15) is 5.10 Å². The maximum atomic E-state index is 8.25. The molecule has 0 spiro atoms. The van der Waals surface area contributed by atoms with Gasteiger partial charge < -0.3 is 15.3 Å². The van der Waals surface area contributed by atoms with Gasteiger partial charge in [-0.05, 0) is 19.9 Å². The highest BCUT2D eigenvalue weighted by Crippen LogP contribution is 1.92. The summed E-state index contributed by atoms with van der Waals surface area (Å²) in [7, 11) is 0. The highest BCUT2D eigenvalue weighted by molar-refractivity contribution is 5.42. The molecule has 80 valence electrons. The van der Waals surface area contributed by atoms with Crippen LogP contribution in [0.15, 0.2) is 6.07 Å². The van der Waals surface area contributed by atoms with Crippen LogP contribution in [0.1, 0.15) is 11.4 Å². The van der Waals surface area contributed by atoms with Gasteiger partial charge in [0.25, 0.3) is 0 Å². The van der Waals surface area contributed by atoms with Crippen LogP contribution in [0, 0.1) is 29.2 Å². The molecule has 0 radical (unpaired) electrons. The smallest absolute Gasteiger partial charge is 0.225 e. The third-order valence-corrected chi connectivity index (χ3v) is 0.834. The van der Waals surface area contributed by atoms with Crippen molar-refractivity contribution in [3.8, 4) is 0 Å². The van der Waals surface area contributed by atoms with E-state index in [2.05, 4.69) is 21.3 Å². The first-order valence-corrected chi connectivity index (χ1v) is 3.49. The van der Waals surface area contributed by atoms with Crippen molar-refractivity contribution in [2.75, 3.05) is 0 Å². The minimum Gasteiger partial charge on any atom is -0.356 e. The van der Waals surface area contributed by atoms with E-state index in [1.807, 2.05) is 19.9 Å². The standard InChI is InChI=1S/C5H8N2.CH4N2.NO3/c1-4-3-5(2)7-6-4;2-1-3;2-1(3)4/h3H,1-2H3,(H,6,7);1H,(H3,2,3);/q;;-1/p+1. The molecule has 5 N–H and O–H groups in total. The number of aryl methyl sites for hydroxylation is 2. The molecule has 8 nitrogen and oxygen atoms in total. The van der Waals surface area contributed by atoms with Crippen LogP contribution < -0.4 is 11.1 Å². The number of rotatable bonds is 0. The fourth-order valence-corrected chi connectivity index (χ4v) is 0.554. The van der Waals surface area contributed by atoms with Crippen LogP contribution >= 0.6 is 0 Å². The van der Waals surface area contributed by atoms with Crippen molar-refractivity contribution in [3.63, 3.8) is 0 Å². The molecule has 0 bridgehead atoms. The molecule has 0 unspecified atom stereocenters. The van der Waals surface area contributed by atoms with E-state index in [-0.39, 0.29) is 0 Å². The average molecular weight is 203 g/mol. The first kappa shape index (κ1) is 14.4. The second-order valence-electron chi connectivity index (χ2n) is 2.11. The van der Waals surface area contributed by atoms with E-state index in [0.717, 1.165) is 17.7 Å². The lowest BCUT2D eigenvalue weighted by atomic mass is 10.4. The molecule has 0 aliphatic heterocycles. The van der Waals surface area contributed by atoms with Gasteiger partial charge in [-0.25, -0.2) is 0 Å². The molecule has 1 rings (SSSR count). The van der Waals surface area contributed by atoms with Crippen LogP contribution in [-0.4, -0.2) is 21.6 Å². The van der Waals surface area contributed by atoms with Crippen molar-refractivity contribution in [3.05, 3.63) is 32.8 Å². The molecule has 1 aromatic heterocycles. The molecule has 0 amide bonds. The maximum absolute atomic E-state index is 8.25. The number of nitrogens with two attached hydrogens (primary N) is 2. The van der Waals surface area contributed by atoms with E-state index >= 15 is 0 Å². The van der Waals surface area contributed by atoms with Crippen LogP contribution in [0.2, 0.25) is 0 Å². The quantitative estimate of drug-likeness (QED) is 0.203. The number of hydrogen-bond acceptors (Lipinski definition) is 4. The van der Waals surface area contributed by atoms with Crippen LogP contribution in [0.5, 0.6) is 0 Å². The lowest BCUT2D eigenvalue weighted by Gasteiger charge is -1.74. The Morgan fingerprint density at radius 2 is 2.00 bits per heavy atom. The summed E-state index contributed by atoms with van der Waals surface area (Å²) in [6, 6.07) is 2.00. The zero-order chi connectivity index (χ0) is 11.6. The Labute approximate surface area is 80.4 Å². The zero-order valence-electron chi connectivity index (χ0n) is 7.93. The second kappa shape index (κ2) is 8.97. The molecule has 0 fully saturated rings. The third-order valence-electron chi connectivity index (χ3n) is 0.834. The van der Waals surface area contributed by atoms with Crippen molar-refractivity contribution in [1.82, 2.24) is 10.2 Å². The van der Waals surface area contributed by atoms with Crippen molar-refractivity contribution in [2.24, 2.45) is 5.73 Å². The number of H-pyrrole nitrogens is 1. The topological polar surface area (TPSA) is 146 Å². The van der Waals surface area contributed by atoms with Crippen molar-refractivity contribution in [1.29, 1.82) is 0 Å². The normalized spacial score (nSPS) is 7.29. The van der Waals surface area contributed by atoms with Gasteiger partial charge in [-0.1, -0.05) is 0 Å². The van der Waals surface area contributed by atoms with Gasteiger partial charge in [0.1, 0.15) is 0 Å². The third kappa shape index (κ3) is 16.5. The van der Waals surface area contributed by atoms with Crippen molar-refractivity contribution < 1.29 is 10.5 Å². The summed E-state index contributed by atoms with van der Waals surface area (Å²) in [6.45, 7) is 3.95. The molecule has 8 heteroatoms. The van der Waals surface area contributed by atoms with Crippen molar-refractivity contribution >= 4 is 6.34 Å². The number of nitrogens with one attached hydrogen (secondary N) is 1. The van der Waals surface area contributed by atoms with Gasteiger partial charge in [0.05, 0.1) is 10.8 Å². The molecule has 0 aliphatic rings. The Morgan fingerprint density at radius 3 is 2.07 bits per heavy atom. The molecule has 0 saturated carbocycles. The molecule has 0 aliphatic carbocycles. The van der Waals surface area contributed by atoms with Gasteiger partial charge in [0, 0.05) is 5.69 Å². The largest absolute Gasteiger partial charge is 0.356 e. The van der Waals surface area contributed by atoms with E-state index in [1.165, 1.54) is 0 Å². The van der Waals surface area contributed by atoms with E-state index in [1.54, 1.807) is 0 Å². The number of hydrogen-bond donors (Lipinski definition) is 3. The van der Waals surface area contributed by atoms with Crippen molar-refractivity contribution in [2.45, 2.75) is 13.8 Å². The Morgan fingerprint density at radius 1 is 1.64 bits per heavy atom. The first-order chi connectivity index (χ1) is 6.43. The first-order valence-electron chi connectivity index (χ1n) is 3.49. The number of nitrogens with zero attached hydrogens (tertiary/aromatic N) is 2. The minimum absolute atomic E-state index is 1.00. The SMILES string of the molecule is Cc1cc(C)[nH]n1.NC=[NH2+].O=[N+]([O-])[O-]. The Bertz CT molecular complexity index is 252. The van der Waals surface area contributed by atoms with Gasteiger partial charge >= 0.3 is 0 Å². The van der Waals surface area contributed by atoms with Crippen LogP contribution in [0.3, 0.4) is 0 Å². The fraction of sp³-hybridized carbons (Fsp3) is 0.333. The van der Waals surface area contributed by atoms with Crippen LogP contribution in [0.4, 0.5) is 0 Å². The molecular weight excluding hydrogens is 190 g/mol. The van der Waals surface area contributed by atoms with E-state index < -0.39 is 5.09 Å². The number of aromatic amines is 1. The lowest BCUT2D eigenvalue weighted by Crippen LogP contribution is -2.33. The second-order valence-corrected chi connectivity index (χ2v) is 2.11. The van der Waals surface area contributed by atoms with Crippen LogP contribution in [-0.2, 0) is 0 Å². The predicted molar refractivity (Wildman–Crippen MR) is 50.6 cm³/mol. The van der Waals surface area contributed by atoms with E-state index in [4.69, 9.17) is 15.3 Å². The average Bonchev–Trinajstić information content (AvgIpc) is 2.34. The zero-order valence-corrected chi connectivity index (χ0v) is 7.93. The Hall–Kier alpha value is -2.12. The minimum atomic E-state index is -1.75. The molecule has 1 heterocycles. The molecule has 14 heavy (non-hydrogen) atoms. The summed E-state index contributed by atoms with van der Waals surface area (Å²) >= 11 is 0. The monoisotopic (exact) mass is 203 g/mol. The molecular formula is C6H13N5O3. The van der Waals surface area contributed by atoms with Gasteiger partial charge in [-0.15, -0.1) is 0 Å². The van der Waals surface area contributed by atoms with Gasteiger partial charge in [0.2, 0.25) is 6.34 Å². The summed E-state index contributed by atoms with van der Waals surface area (Å²) in [5.41, 5.74) is 6.68.